The van der Waals surface area contributed by atoms with E-state index in [1.165, 1.54) is 9.09 Å². The molecular formula is C21H25F2N6O3+. The first-order chi connectivity index (χ1) is 15.0. The third-order valence-corrected chi connectivity index (χ3v) is 5.08. The fourth-order valence-electron chi connectivity index (χ4n) is 3.38. The van der Waals surface area contributed by atoms with Crippen LogP contribution in [0.5, 0.6) is 5.88 Å². The molecule has 3 heterocycles. The third kappa shape index (κ3) is 4.32. The maximum Gasteiger partial charge on any atom is 0.596 e. The second-order valence-corrected chi connectivity index (χ2v) is 8.78. The van der Waals surface area contributed by atoms with E-state index in [0.717, 1.165) is 11.9 Å². The number of rotatable bonds is 4. The van der Waals surface area contributed by atoms with Gasteiger partial charge in [-0.2, -0.15) is 15.0 Å². The molecule has 0 aliphatic heterocycles. The average molecular weight is 447 g/mol. The molecule has 1 aliphatic carbocycles. The highest BCUT2D eigenvalue weighted by molar-refractivity contribution is 5.89. The molecule has 1 amide bonds. The summed E-state index contributed by atoms with van der Waals surface area (Å²) in [6.45, 7) is 5.40. The van der Waals surface area contributed by atoms with E-state index < -0.39 is 18.1 Å². The number of halogens is 2. The zero-order valence-electron chi connectivity index (χ0n) is 18.5. The lowest BCUT2D eigenvalue weighted by molar-refractivity contribution is -0.424. The smallest absolute Gasteiger partial charge is 0.472 e. The second kappa shape index (κ2) is 7.95. The number of carbonyl (C=O) groups is 1. The van der Waals surface area contributed by atoms with Gasteiger partial charge in [-0.1, -0.05) is 0 Å². The van der Waals surface area contributed by atoms with Crippen molar-refractivity contribution in [2.45, 2.75) is 51.7 Å². The highest BCUT2D eigenvalue weighted by Gasteiger charge is 2.38. The summed E-state index contributed by atoms with van der Waals surface area (Å²) in [7, 11) is 3.42. The van der Waals surface area contributed by atoms with Crippen molar-refractivity contribution < 1.29 is 27.6 Å². The monoisotopic (exact) mass is 447 g/mol. The van der Waals surface area contributed by atoms with E-state index in [-0.39, 0.29) is 23.1 Å². The molecule has 1 aliphatic rings. The minimum absolute atomic E-state index is 0.0723. The summed E-state index contributed by atoms with van der Waals surface area (Å²) in [4.78, 5) is 16.7. The lowest BCUT2D eigenvalue weighted by Gasteiger charge is -2.26. The number of nitrogens with zero attached hydrogens (tertiary/aromatic N) is 6. The summed E-state index contributed by atoms with van der Waals surface area (Å²) >= 11 is 0. The van der Waals surface area contributed by atoms with Gasteiger partial charge in [0.05, 0.1) is 42.7 Å². The van der Waals surface area contributed by atoms with Gasteiger partial charge in [-0.15, -0.1) is 4.58 Å². The van der Waals surface area contributed by atoms with E-state index in [0.29, 0.717) is 24.1 Å². The van der Waals surface area contributed by atoms with E-state index in [1.807, 2.05) is 0 Å². The molecule has 11 heteroatoms. The van der Waals surface area contributed by atoms with Crippen molar-refractivity contribution in [1.29, 1.82) is 0 Å². The Hall–Kier alpha value is -3.37. The molecule has 0 atom stereocenters. The van der Waals surface area contributed by atoms with Crippen molar-refractivity contribution >= 4 is 17.3 Å². The minimum atomic E-state index is -2.72. The van der Waals surface area contributed by atoms with Crippen LogP contribution in [-0.4, -0.2) is 59.5 Å². The van der Waals surface area contributed by atoms with Crippen LogP contribution < -0.4 is 4.74 Å². The van der Waals surface area contributed by atoms with E-state index >= 15 is 0 Å². The fourth-order valence-corrected chi connectivity index (χ4v) is 3.38. The molecule has 0 bridgehead atoms. The minimum Gasteiger partial charge on any atom is -0.472 e. The van der Waals surface area contributed by atoms with E-state index in [9.17, 15) is 13.6 Å². The Kier molecular flexibility index (Phi) is 5.43. The molecule has 32 heavy (non-hydrogen) atoms. The first-order valence-corrected chi connectivity index (χ1v) is 10.2. The lowest BCUT2D eigenvalue weighted by atomic mass is 9.92. The van der Waals surface area contributed by atoms with E-state index in [1.54, 1.807) is 58.1 Å². The van der Waals surface area contributed by atoms with Crippen molar-refractivity contribution in [2.75, 3.05) is 7.05 Å². The molecule has 0 radical (unpaired) electrons. The van der Waals surface area contributed by atoms with Crippen molar-refractivity contribution in [3.8, 4) is 17.1 Å². The molecule has 0 unspecified atom stereocenters. The van der Waals surface area contributed by atoms with Gasteiger partial charge < -0.3 is 9.47 Å². The quantitative estimate of drug-likeness (QED) is 0.568. The van der Waals surface area contributed by atoms with Crippen molar-refractivity contribution in [3.63, 3.8) is 0 Å². The van der Waals surface area contributed by atoms with E-state index in [2.05, 4.69) is 15.2 Å². The number of alkyl halides is 2. The number of hydrogen-bond donors (Lipinski definition) is 0. The molecule has 0 spiro atoms. The Morgan fingerprint density at radius 1 is 1.22 bits per heavy atom. The topological polar surface area (TPSA) is 86.5 Å². The van der Waals surface area contributed by atoms with Crippen LogP contribution in [-0.2, 0) is 11.8 Å². The van der Waals surface area contributed by atoms with Crippen molar-refractivity contribution in [3.05, 3.63) is 30.4 Å². The molecule has 3 aromatic heterocycles. The maximum absolute atomic E-state index is 13.6. The number of ether oxygens (including phenoxy) is 2. The fraction of sp³-hybridized carbons (Fsp3) is 0.476. The standard InChI is InChI=1S/C21H25F2N6O3/c1-21(2,3)32-20(30)28(5)13-6-14(7-13)31-19-17-15(18(22)23)9-25-29(17)11-16(26-19)12-8-24-27(4)10-12/h8-11,14,18H,6-7H2,1-5H3/q+1. The summed E-state index contributed by atoms with van der Waals surface area (Å²) in [6.07, 6.45) is 3.52. The number of aromatic nitrogens is 5. The molecule has 1 fully saturated rings. The van der Waals surface area contributed by atoms with Crippen LogP contribution >= 0.6 is 0 Å². The van der Waals surface area contributed by atoms with Crippen LogP contribution in [0.15, 0.2) is 24.8 Å². The second-order valence-electron chi connectivity index (χ2n) is 8.78. The molecule has 0 saturated heterocycles. The Morgan fingerprint density at radius 3 is 2.53 bits per heavy atom. The molecule has 170 valence electrons. The highest BCUT2D eigenvalue weighted by Crippen LogP contribution is 2.33. The first-order valence-electron chi connectivity index (χ1n) is 10.2. The number of hydrogen-bond acceptors (Lipinski definition) is 6. The van der Waals surface area contributed by atoms with Crippen LogP contribution in [0.1, 0.15) is 45.6 Å². The van der Waals surface area contributed by atoms with Gasteiger partial charge in [-0.05, 0) is 20.8 Å². The van der Waals surface area contributed by atoms with Crippen LogP contribution in [0, 0.1) is 0 Å². The average Bonchev–Trinajstić information content (AvgIpc) is 3.28. The van der Waals surface area contributed by atoms with Gasteiger partial charge in [0, 0.05) is 18.8 Å². The van der Waals surface area contributed by atoms with Crippen LogP contribution in [0.4, 0.5) is 13.6 Å². The van der Waals surface area contributed by atoms with Crippen LogP contribution in [0.25, 0.3) is 16.8 Å². The van der Waals surface area contributed by atoms with Crippen LogP contribution in [0.2, 0.25) is 0 Å². The predicted molar refractivity (Wildman–Crippen MR) is 111 cm³/mol. The Labute approximate surface area is 183 Å². The van der Waals surface area contributed by atoms with Gasteiger partial charge in [0.15, 0.2) is 5.71 Å². The van der Waals surface area contributed by atoms with Gasteiger partial charge in [-0.3, -0.25) is 4.68 Å². The molecule has 3 aromatic rings. The number of carbonyl (C=O) groups excluding carboxylic acids is 1. The molecular weight excluding hydrogens is 422 g/mol. The van der Waals surface area contributed by atoms with Gasteiger partial charge in [0.2, 0.25) is 5.88 Å². The summed E-state index contributed by atoms with van der Waals surface area (Å²) in [5, 5.41) is 8.19. The zero-order valence-corrected chi connectivity index (χ0v) is 18.5. The third-order valence-electron chi connectivity index (χ3n) is 5.08. The Morgan fingerprint density at radius 2 is 1.94 bits per heavy atom. The first kappa shape index (κ1) is 21.8. The lowest BCUT2D eigenvalue weighted by Crippen LogP contribution is -2.42. The number of fused-ring (bicyclic) bond motifs is 1. The molecule has 4 rings (SSSR count). The van der Waals surface area contributed by atoms with Gasteiger partial charge in [0.1, 0.15) is 24.3 Å². The predicted octanol–water partition coefficient (Wildman–Crippen LogP) is 3.63. The van der Waals surface area contributed by atoms with Gasteiger partial charge in [-0.25, -0.2) is 18.3 Å². The normalized spacial score (nSPS) is 16.4. The molecule has 0 N–H and O–H groups in total. The number of aryl methyl sites for hydroxylation is 1. The van der Waals surface area contributed by atoms with Crippen molar-refractivity contribution in [1.82, 2.24) is 24.4 Å². The molecule has 9 nitrogen and oxygen atoms in total. The summed E-state index contributed by atoms with van der Waals surface area (Å²) in [5.41, 5.74) is 1.33. The van der Waals surface area contributed by atoms with Crippen LogP contribution in [0.3, 0.4) is 0 Å². The largest absolute Gasteiger partial charge is 0.596 e. The summed E-state index contributed by atoms with van der Waals surface area (Å²) in [5.74, 6) is 0.0723. The van der Waals surface area contributed by atoms with Crippen molar-refractivity contribution in [2.24, 2.45) is 7.05 Å². The summed E-state index contributed by atoms with van der Waals surface area (Å²) < 4.78 is 42.9. The zero-order chi connectivity index (χ0) is 23.2. The maximum atomic E-state index is 13.6. The molecule has 0 aromatic carbocycles. The Bertz CT molecular complexity index is 1200. The number of amides is 1. The van der Waals surface area contributed by atoms with Gasteiger partial charge >= 0.3 is 6.09 Å². The van der Waals surface area contributed by atoms with E-state index in [4.69, 9.17) is 9.47 Å². The Balaban J connectivity index is 1.61. The molecule has 1 saturated carbocycles. The van der Waals surface area contributed by atoms with Gasteiger partial charge in [0.25, 0.3) is 6.43 Å². The summed E-state index contributed by atoms with van der Waals surface area (Å²) in [6, 6.07) is 0. The highest BCUT2D eigenvalue weighted by atomic mass is 19.3. The SMILES string of the molecule is Cn1cc(-c2cn3ncc(C(F)F)c3c(OC3CC(=[N+](C)C(=O)OC(C)(C)C)C3)n2)cn1.